The third-order valence-corrected chi connectivity index (χ3v) is 1.03. The van der Waals surface area contributed by atoms with E-state index in [0.717, 1.165) is 7.05 Å². The summed E-state index contributed by atoms with van der Waals surface area (Å²) < 4.78 is 4.69. The Kier molecular flexibility index (Phi) is 4.21. The lowest BCUT2D eigenvalue weighted by molar-refractivity contribution is -0.445. The van der Waals surface area contributed by atoms with Gasteiger partial charge in [0.05, 0.1) is 6.26 Å². The first-order valence-corrected chi connectivity index (χ1v) is 3.30. The first-order chi connectivity index (χ1) is 5.95. The monoisotopic (exact) mass is 187 g/mol. The Morgan fingerprint density at radius 1 is 1.62 bits per heavy atom. The Labute approximate surface area is 73.6 Å². The van der Waals surface area contributed by atoms with Crippen molar-refractivity contribution in [3.63, 3.8) is 0 Å². The summed E-state index contributed by atoms with van der Waals surface area (Å²) in [4.78, 5) is 18.8. The van der Waals surface area contributed by atoms with Gasteiger partial charge >= 0.3 is 0 Å². The third kappa shape index (κ3) is 4.57. The summed E-state index contributed by atoms with van der Waals surface area (Å²) in [5.74, 6) is -0.0556. The molecule has 0 spiro atoms. The fourth-order valence-electron chi connectivity index (χ4n) is 0.506. The number of aryl methyl sites for hydroxylation is 1. The summed E-state index contributed by atoms with van der Waals surface area (Å²) in [6.07, 6.45) is 1.25. The highest BCUT2D eigenvalue weighted by molar-refractivity contribution is 5.20. The Morgan fingerprint density at radius 3 is 2.38 bits per heavy atom. The molecule has 13 heavy (non-hydrogen) atoms. The van der Waals surface area contributed by atoms with Gasteiger partial charge in [0.25, 0.3) is 0 Å². The average Bonchev–Trinajstić information content (AvgIpc) is 1.99. The smallest absolute Gasteiger partial charge is 0.226 e. The Morgan fingerprint density at radius 2 is 2.08 bits per heavy atom. The molecule has 0 saturated heterocycles. The van der Waals surface area contributed by atoms with Crippen LogP contribution in [0.3, 0.4) is 0 Å². The number of nitrogens with zero attached hydrogens (tertiary/aromatic N) is 1. The Hall–Kier alpha value is -1.85. The van der Waals surface area contributed by atoms with E-state index in [0.29, 0.717) is 0 Å². The van der Waals surface area contributed by atoms with Crippen molar-refractivity contribution in [1.29, 1.82) is 0 Å². The standard InChI is InChI=1S/C6H6O3.CH3NO2/c1-4-6(8)5(7)2-3-9-4;1-2(3)4/h2-3,8H,1H3;1H3. The second kappa shape index (κ2) is 4.91. The molecule has 0 radical (unpaired) electrons. The van der Waals surface area contributed by atoms with E-state index in [-0.39, 0.29) is 11.5 Å². The normalized spacial score (nSPS) is 8.46. The van der Waals surface area contributed by atoms with E-state index in [1.54, 1.807) is 0 Å². The molecule has 1 aromatic rings. The second-order valence-electron chi connectivity index (χ2n) is 2.13. The molecule has 6 heteroatoms. The molecule has 0 bridgehead atoms. The summed E-state index contributed by atoms with van der Waals surface area (Å²) in [6, 6.07) is 1.17. The van der Waals surface area contributed by atoms with Crippen molar-refractivity contribution in [2.75, 3.05) is 7.05 Å². The first kappa shape index (κ1) is 11.2. The maximum Gasteiger partial charge on any atom is 0.226 e. The van der Waals surface area contributed by atoms with Crippen molar-refractivity contribution in [2.24, 2.45) is 0 Å². The molecular formula is C7H9NO5. The zero-order valence-corrected chi connectivity index (χ0v) is 7.18. The zero-order chi connectivity index (χ0) is 10.4. The molecule has 1 heterocycles. The lowest BCUT2D eigenvalue weighted by atomic mass is 10.4. The first-order valence-electron chi connectivity index (χ1n) is 3.30. The fourth-order valence-corrected chi connectivity index (χ4v) is 0.506. The minimum absolute atomic E-state index is 0.252. The van der Waals surface area contributed by atoms with E-state index < -0.39 is 10.4 Å². The van der Waals surface area contributed by atoms with Gasteiger partial charge in [-0.05, 0) is 6.92 Å². The van der Waals surface area contributed by atoms with Gasteiger partial charge in [-0.1, -0.05) is 0 Å². The third-order valence-electron chi connectivity index (χ3n) is 1.03. The molecule has 6 nitrogen and oxygen atoms in total. The van der Waals surface area contributed by atoms with Gasteiger partial charge in [0, 0.05) is 11.0 Å². The summed E-state index contributed by atoms with van der Waals surface area (Å²) in [5.41, 5.74) is -0.404. The van der Waals surface area contributed by atoms with E-state index in [1.165, 1.54) is 19.3 Å². The van der Waals surface area contributed by atoms with Crippen molar-refractivity contribution in [1.82, 2.24) is 0 Å². The number of nitro groups is 1. The molecule has 0 unspecified atom stereocenters. The van der Waals surface area contributed by atoms with Crippen LogP contribution in [0.25, 0.3) is 0 Å². The fraction of sp³-hybridized carbons (Fsp3) is 0.286. The van der Waals surface area contributed by atoms with Crippen molar-refractivity contribution in [2.45, 2.75) is 6.92 Å². The topological polar surface area (TPSA) is 93.6 Å². The Bertz CT molecular complexity index is 339. The minimum Gasteiger partial charge on any atom is -0.502 e. The molecule has 0 aliphatic rings. The molecule has 0 aliphatic carbocycles. The van der Waals surface area contributed by atoms with Crippen LogP contribution in [-0.2, 0) is 0 Å². The molecule has 0 aliphatic heterocycles. The number of hydrogen-bond donors (Lipinski definition) is 1. The van der Waals surface area contributed by atoms with Crippen LogP contribution in [-0.4, -0.2) is 17.1 Å². The summed E-state index contributed by atoms with van der Waals surface area (Å²) in [7, 11) is 0.889. The van der Waals surface area contributed by atoms with Crippen LogP contribution in [0.4, 0.5) is 0 Å². The van der Waals surface area contributed by atoms with Crippen LogP contribution in [0.2, 0.25) is 0 Å². The van der Waals surface area contributed by atoms with E-state index in [4.69, 9.17) is 15.2 Å². The van der Waals surface area contributed by atoms with Crippen molar-refractivity contribution in [3.05, 3.63) is 38.4 Å². The van der Waals surface area contributed by atoms with Crippen molar-refractivity contribution < 1.29 is 14.4 Å². The van der Waals surface area contributed by atoms with Crippen molar-refractivity contribution in [3.8, 4) is 5.75 Å². The highest BCUT2D eigenvalue weighted by Gasteiger charge is 1.98. The largest absolute Gasteiger partial charge is 0.502 e. The highest BCUT2D eigenvalue weighted by Crippen LogP contribution is 2.06. The maximum atomic E-state index is 10.5. The van der Waals surface area contributed by atoms with Gasteiger partial charge in [0.1, 0.15) is 5.76 Å². The SMILES string of the molecule is C[N+](=O)[O-].Cc1occc(=O)c1O. The number of hydrogen-bond acceptors (Lipinski definition) is 5. The molecule has 0 fully saturated rings. The number of rotatable bonds is 0. The van der Waals surface area contributed by atoms with E-state index in [2.05, 4.69) is 4.42 Å². The van der Waals surface area contributed by atoms with Gasteiger partial charge in [0.15, 0.2) is 7.05 Å². The van der Waals surface area contributed by atoms with E-state index >= 15 is 0 Å². The molecular weight excluding hydrogens is 178 g/mol. The minimum atomic E-state index is -0.500. The van der Waals surface area contributed by atoms with Crippen molar-refractivity contribution >= 4 is 0 Å². The molecule has 1 rings (SSSR count). The number of aromatic hydroxyl groups is 1. The van der Waals surface area contributed by atoms with Crippen LogP contribution in [0.5, 0.6) is 5.75 Å². The molecule has 0 saturated carbocycles. The average molecular weight is 187 g/mol. The van der Waals surface area contributed by atoms with Gasteiger partial charge < -0.3 is 9.52 Å². The van der Waals surface area contributed by atoms with E-state index in [1.807, 2.05) is 0 Å². The highest BCUT2D eigenvalue weighted by atomic mass is 16.6. The molecule has 1 aromatic heterocycles. The zero-order valence-electron chi connectivity index (χ0n) is 7.18. The molecule has 0 atom stereocenters. The molecule has 72 valence electrons. The molecule has 1 N–H and O–H groups in total. The summed E-state index contributed by atoms with van der Waals surface area (Å²) in [6.45, 7) is 1.52. The predicted molar refractivity (Wildman–Crippen MR) is 44.3 cm³/mol. The van der Waals surface area contributed by atoms with Gasteiger partial charge in [-0.15, -0.1) is 0 Å². The lowest BCUT2D eigenvalue weighted by Gasteiger charge is -1.91. The maximum absolute atomic E-state index is 10.5. The van der Waals surface area contributed by atoms with Gasteiger partial charge in [-0.3, -0.25) is 14.9 Å². The lowest BCUT2D eigenvalue weighted by Crippen LogP contribution is -1.97. The molecule has 0 aromatic carbocycles. The van der Waals surface area contributed by atoms with Crippen LogP contribution >= 0.6 is 0 Å². The summed E-state index contributed by atoms with van der Waals surface area (Å²) in [5, 5.41) is 17.6. The van der Waals surface area contributed by atoms with Gasteiger partial charge in [-0.25, -0.2) is 0 Å². The van der Waals surface area contributed by atoms with E-state index in [9.17, 15) is 4.79 Å². The van der Waals surface area contributed by atoms with Crippen LogP contribution in [0.15, 0.2) is 21.5 Å². The quantitative estimate of drug-likeness (QED) is 0.472. The second-order valence-corrected chi connectivity index (χ2v) is 2.13. The predicted octanol–water partition coefficient (Wildman–Crippen LogP) is 0.547. The van der Waals surface area contributed by atoms with Gasteiger partial charge in [0.2, 0.25) is 11.2 Å². The Balaban J connectivity index is 0.000000310. The van der Waals surface area contributed by atoms with Crippen LogP contribution in [0, 0.1) is 17.0 Å². The van der Waals surface area contributed by atoms with Crippen LogP contribution < -0.4 is 5.43 Å². The summed E-state index contributed by atoms with van der Waals surface area (Å²) >= 11 is 0. The van der Waals surface area contributed by atoms with Crippen LogP contribution in [0.1, 0.15) is 5.76 Å². The molecule has 0 amide bonds. The van der Waals surface area contributed by atoms with Gasteiger partial charge in [-0.2, -0.15) is 0 Å².